The van der Waals surface area contributed by atoms with Gasteiger partial charge < -0.3 is 15.5 Å². The first-order valence-corrected chi connectivity index (χ1v) is 8.88. The predicted octanol–water partition coefficient (Wildman–Crippen LogP) is 3.66. The monoisotopic (exact) mass is 315 g/mol. The normalized spacial score (nSPS) is 22.8. The van der Waals surface area contributed by atoms with E-state index in [0.29, 0.717) is 12.0 Å². The maximum absolute atomic E-state index is 9.94. The van der Waals surface area contributed by atoms with Gasteiger partial charge in [0, 0.05) is 28.3 Å². The Balaban J connectivity index is 1.83. The molecule has 0 saturated carbocycles. The first kappa shape index (κ1) is 14.1. The van der Waals surface area contributed by atoms with Crippen molar-refractivity contribution in [1.29, 1.82) is 0 Å². The maximum atomic E-state index is 9.94. The number of thiophene rings is 1. The number of fused-ring (bicyclic) bond motifs is 5. The largest absolute Gasteiger partial charge is 0.504 e. The molecule has 3 nitrogen and oxygen atoms in total. The van der Waals surface area contributed by atoms with Crippen molar-refractivity contribution in [2.45, 2.75) is 51.1 Å². The summed E-state index contributed by atoms with van der Waals surface area (Å²) in [5, 5.41) is 23.4. The molecule has 1 aliphatic carbocycles. The van der Waals surface area contributed by atoms with Gasteiger partial charge in [-0.2, -0.15) is 0 Å². The van der Waals surface area contributed by atoms with Crippen LogP contribution in [0.5, 0.6) is 11.5 Å². The highest BCUT2D eigenvalue weighted by atomic mass is 32.1. The van der Waals surface area contributed by atoms with Crippen LogP contribution in [-0.4, -0.2) is 16.3 Å². The van der Waals surface area contributed by atoms with E-state index in [1.807, 2.05) is 11.3 Å². The molecule has 0 amide bonds. The number of nitrogens with one attached hydrogen (secondary N) is 1. The number of rotatable bonds is 2. The molecule has 2 aliphatic rings. The van der Waals surface area contributed by atoms with Crippen LogP contribution < -0.4 is 5.32 Å². The minimum atomic E-state index is -0.00291. The van der Waals surface area contributed by atoms with Crippen molar-refractivity contribution in [3.05, 3.63) is 44.6 Å². The smallest absolute Gasteiger partial charge is 0.157 e. The van der Waals surface area contributed by atoms with E-state index >= 15 is 0 Å². The van der Waals surface area contributed by atoms with Gasteiger partial charge >= 0.3 is 0 Å². The van der Waals surface area contributed by atoms with Crippen LogP contribution in [0.3, 0.4) is 0 Å². The minimum absolute atomic E-state index is 0.000885. The summed E-state index contributed by atoms with van der Waals surface area (Å²) in [5.41, 5.74) is 3.77. The molecule has 2 atom stereocenters. The van der Waals surface area contributed by atoms with Crippen LogP contribution >= 0.6 is 11.3 Å². The lowest BCUT2D eigenvalue weighted by molar-refractivity contribution is 0.383. The fraction of sp³-hybridized carbons (Fsp3) is 0.444. The van der Waals surface area contributed by atoms with Crippen LogP contribution in [0.1, 0.15) is 52.1 Å². The second-order valence-electron chi connectivity index (χ2n) is 6.40. The van der Waals surface area contributed by atoms with Gasteiger partial charge in [0.25, 0.3) is 0 Å². The summed E-state index contributed by atoms with van der Waals surface area (Å²) in [6, 6.07) is 6.31. The third kappa shape index (κ3) is 2.13. The van der Waals surface area contributed by atoms with E-state index in [-0.39, 0.29) is 11.5 Å². The van der Waals surface area contributed by atoms with Gasteiger partial charge in [-0.1, -0.05) is 13.3 Å². The van der Waals surface area contributed by atoms with Crippen molar-refractivity contribution in [2.75, 3.05) is 0 Å². The SMILES string of the molecule is CCCc1cc2c(s1)C1c3cc(O)c(O)cc3CCC1NC2. The fourth-order valence-corrected chi connectivity index (χ4v) is 5.36. The Bertz CT molecular complexity index is 722. The third-order valence-electron chi connectivity index (χ3n) is 4.92. The van der Waals surface area contributed by atoms with Crippen molar-refractivity contribution in [2.24, 2.45) is 0 Å². The van der Waals surface area contributed by atoms with Crippen LogP contribution in [0, 0.1) is 0 Å². The molecule has 3 N–H and O–H groups in total. The first-order chi connectivity index (χ1) is 10.7. The van der Waals surface area contributed by atoms with E-state index in [0.717, 1.165) is 25.8 Å². The summed E-state index contributed by atoms with van der Waals surface area (Å²) < 4.78 is 0. The van der Waals surface area contributed by atoms with Gasteiger partial charge in [0.05, 0.1) is 0 Å². The minimum Gasteiger partial charge on any atom is -0.504 e. The van der Waals surface area contributed by atoms with E-state index in [9.17, 15) is 10.2 Å². The average molecular weight is 315 g/mol. The molecule has 1 aromatic carbocycles. The van der Waals surface area contributed by atoms with Crippen molar-refractivity contribution < 1.29 is 10.2 Å². The van der Waals surface area contributed by atoms with Crippen LogP contribution in [0.2, 0.25) is 0 Å². The molecule has 0 bridgehead atoms. The molecular weight excluding hydrogens is 294 g/mol. The Morgan fingerprint density at radius 1 is 1.18 bits per heavy atom. The second-order valence-corrected chi connectivity index (χ2v) is 7.56. The molecule has 116 valence electrons. The van der Waals surface area contributed by atoms with E-state index in [2.05, 4.69) is 18.3 Å². The van der Waals surface area contributed by atoms with Crippen molar-refractivity contribution >= 4 is 11.3 Å². The predicted molar refractivity (Wildman–Crippen MR) is 88.9 cm³/mol. The van der Waals surface area contributed by atoms with Crippen molar-refractivity contribution in [1.82, 2.24) is 5.32 Å². The van der Waals surface area contributed by atoms with Crippen molar-refractivity contribution in [3.63, 3.8) is 0 Å². The zero-order valence-corrected chi connectivity index (χ0v) is 13.5. The zero-order chi connectivity index (χ0) is 15.3. The number of aryl methyl sites for hydroxylation is 2. The second kappa shape index (κ2) is 5.28. The van der Waals surface area contributed by atoms with Gasteiger partial charge in [0.2, 0.25) is 0 Å². The maximum Gasteiger partial charge on any atom is 0.157 e. The number of aromatic hydroxyl groups is 2. The molecule has 2 heterocycles. The van der Waals surface area contributed by atoms with Crippen LogP contribution in [0.4, 0.5) is 0 Å². The topological polar surface area (TPSA) is 52.5 Å². The number of hydrogen-bond acceptors (Lipinski definition) is 4. The Kier molecular flexibility index (Phi) is 3.39. The lowest BCUT2D eigenvalue weighted by Gasteiger charge is -2.38. The van der Waals surface area contributed by atoms with Gasteiger partial charge in [-0.15, -0.1) is 11.3 Å². The summed E-state index contributed by atoms with van der Waals surface area (Å²) in [6.45, 7) is 3.17. The molecule has 0 fully saturated rings. The standard InChI is InChI=1S/C18H21NO2S/c1-2-3-12-6-11-9-19-14-5-4-10-7-15(20)16(21)8-13(10)17(14)18(11)22-12/h6-8,14,17,19-21H,2-5,9H2,1H3. The number of phenols is 2. The molecule has 1 aliphatic heterocycles. The molecule has 0 spiro atoms. The Hall–Kier alpha value is -1.52. The third-order valence-corrected chi connectivity index (χ3v) is 6.25. The van der Waals surface area contributed by atoms with E-state index in [1.54, 1.807) is 12.1 Å². The first-order valence-electron chi connectivity index (χ1n) is 8.07. The zero-order valence-electron chi connectivity index (χ0n) is 12.7. The molecule has 4 heteroatoms. The quantitative estimate of drug-likeness (QED) is 0.741. The van der Waals surface area contributed by atoms with Gasteiger partial charge in [-0.3, -0.25) is 0 Å². The molecule has 1 aromatic heterocycles. The van der Waals surface area contributed by atoms with Gasteiger partial charge in [-0.05, 0) is 54.2 Å². The summed E-state index contributed by atoms with van der Waals surface area (Å²) in [6.07, 6.45) is 4.36. The summed E-state index contributed by atoms with van der Waals surface area (Å²) >= 11 is 1.94. The molecule has 0 saturated heterocycles. The molecule has 2 unspecified atom stereocenters. The highest BCUT2D eigenvalue weighted by Gasteiger charge is 2.36. The van der Waals surface area contributed by atoms with Gasteiger partial charge in [0.15, 0.2) is 11.5 Å². The Labute approximate surface area is 134 Å². The Morgan fingerprint density at radius 3 is 2.82 bits per heavy atom. The van der Waals surface area contributed by atoms with E-state index in [1.165, 1.54) is 32.9 Å². The van der Waals surface area contributed by atoms with E-state index in [4.69, 9.17) is 0 Å². The number of phenolic OH excluding ortho intramolecular Hbond substituents is 2. The van der Waals surface area contributed by atoms with Crippen LogP contribution in [0.25, 0.3) is 0 Å². The molecule has 4 rings (SSSR count). The molecular formula is C18H21NO2S. The summed E-state index contributed by atoms with van der Waals surface area (Å²) in [5.74, 6) is 0.311. The van der Waals surface area contributed by atoms with E-state index < -0.39 is 0 Å². The number of benzene rings is 1. The fourth-order valence-electron chi connectivity index (χ4n) is 3.89. The lowest BCUT2D eigenvalue weighted by Crippen LogP contribution is -2.41. The lowest BCUT2D eigenvalue weighted by atomic mass is 9.75. The molecule has 2 aromatic rings. The average Bonchev–Trinajstić information content (AvgIpc) is 2.91. The van der Waals surface area contributed by atoms with Crippen LogP contribution in [-0.2, 0) is 19.4 Å². The highest BCUT2D eigenvalue weighted by molar-refractivity contribution is 7.12. The number of hydrogen-bond donors (Lipinski definition) is 3. The highest BCUT2D eigenvalue weighted by Crippen LogP contribution is 2.46. The van der Waals surface area contributed by atoms with Gasteiger partial charge in [-0.25, -0.2) is 0 Å². The molecule has 22 heavy (non-hydrogen) atoms. The van der Waals surface area contributed by atoms with Crippen molar-refractivity contribution in [3.8, 4) is 11.5 Å². The summed E-state index contributed by atoms with van der Waals surface area (Å²) in [4.78, 5) is 2.92. The Morgan fingerprint density at radius 2 is 2.00 bits per heavy atom. The summed E-state index contributed by atoms with van der Waals surface area (Å²) in [7, 11) is 0. The van der Waals surface area contributed by atoms with Gasteiger partial charge in [0.1, 0.15) is 0 Å². The van der Waals surface area contributed by atoms with Crippen LogP contribution in [0.15, 0.2) is 18.2 Å². The molecule has 0 radical (unpaired) electrons.